The third-order valence-corrected chi connectivity index (χ3v) is 3.52. The van der Waals surface area contributed by atoms with Crippen LogP contribution >= 0.6 is 0 Å². The maximum Gasteiger partial charge on any atom is 0.164 e. The first-order valence-electron chi connectivity index (χ1n) is 4.85. The summed E-state index contributed by atoms with van der Waals surface area (Å²) in [6.07, 6.45) is 4.78. The zero-order valence-electron chi connectivity index (χ0n) is 8.85. The van der Waals surface area contributed by atoms with E-state index >= 15 is 0 Å². The summed E-state index contributed by atoms with van der Waals surface area (Å²) in [4.78, 5) is 0. The average Bonchev–Trinajstić information content (AvgIpc) is 2.14. The van der Waals surface area contributed by atoms with E-state index in [1.54, 1.807) is 14.2 Å². The fourth-order valence-electron chi connectivity index (χ4n) is 1.40. The summed E-state index contributed by atoms with van der Waals surface area (Å²) in [5.74, 6) is -0.263. The van der Waals surface area contributed by atoms with Crippen molar-refractivity contribution in [1.82, 2.24) is 0 Å². The van der Waals surface area contributed by atoms with E-state index in [0.717, 1.165) is 22.7 Å². The fourth-order valence-corrected chi connectivity index (χ4v) is 2.33. The van der Waals surface area contributed by atoms with E-state index in [2.05, 4.69) is 6.92 Å². The lowest BCUT2D eigenvalue weighted by atomic mass is 10.1. The van der Waals surface area contributed by atoms with Gasteiger partial charge in [-0.25, -0.2) is 0 Å². The van der Waals surface area contributed by atoms with Crippen LogP contribution in [0.2, 0.25) is 6.04 Å². The predicted octanol–water partition coefficient (Wildman–Crippen LogP) is 1.34. The van der Waals surface area contributed by atoms with Gasteiger partial charge in [-0.1, -0.05) is 19.8 Å². The van der Waals surface area contributed by atoms with E-state index in [9.17, 15) is 0 Å². The number of unbranched alkanes of at least 4 members (excludes halogenated alkanes) is 2. The Bertz CT molecular complexity index is 94.4. The van der Waals surface area contributed by atoms with Gasteiger partial charge < -0.3 is 9.47 Å². The van der Waals surface area contributed by atoms with Gasteiger partial charge in [0.15, 0.2) is 5.79 Å². The first-order valence-corrected chi connectivity index (χ1v) is 6.26. The number of hydrogen-bond acceptors (Lipinski definition) is 2. The average molecular weight is 190 g/mol. The molecule has 0 N–H and O–H groups in total. The lowest BCUT2D eigenvalue weighted by molar-refractivity contribution is -0.197. The molecule has 0 saturated heterocycles. The number of methoxy groups -OCH3 is 2. The zero-order chi connectivity index (χ0) is 9.45. The van der Waals surface area contributed by atoms with Crippen molar-refractivity contribution in [3.05, 3.63) is 0 Å². The summed E-state index contributed by atoms with van der Waals surface area (Å²) >= 11 is 0. The van der Waals surface area contributed by atoms with Gasteiger partial charge in [0.25, 0.3) is 0 Å². The van der Waals surface area contributed by atoms with Gasteiger partial charge in [0.1, 0.15) is 0 Å². The number of hydrogen-bond donors (Lipinski definition) is 0. The molecule has 0 rings (SSSR count). The normalized spacial score (nSPS) is 12.2. The Morgan fingerprint density at radius 3 is 2.08 bits per heavy atom. The Morgan fingerprint density at radius 2 is 1.75 bits per heavy atom. The molecule has 0 aliphatic carbocycles. The maximum absolute atomic E-state index is 5.40. The molecule has 0 radical (unpaired) electrons. The van der Waals surface area contributed by atoms with Crippen molar-refractivity contribution in [2.75, 3.05) is 14.2 Å². The fraction of sp³-hybridized carbons (Fsp3) is 1.00. The van der Waals surface area contributed by atoms with Crippen molar-refractivity contribution >= 4 is 10.2 Å². The van der Waals surface area contributed by atoms with Gasteiger partial charge in [0.2, 0.25) is 0 Å². The molecule has 0 aliphatic heterocycles. The molecule has 0 saturated carbocycles. The Hall–Kier alpha value is 0.137. The summed E-state index contributed by atoms with van der Waals surface area (Å²) in [6.45, 7) is 2.21. The van der Waals surface area contributed by atoms with Crippen molar-refractivity contribution in [3.8, 4) is 0 Å². The van der Waals surface area contributed by atoms with Crippen LogP contribution in [0.1, 0.15) is 32.6 Å². The summed E-state index contributed by atoms with van der Waals surface area (Å²) in [6, 6.07) is 1.06. The van der Waals surface area contributed by atoms with E-state index in [1.165, 1.54) is 19.3 Å². The molecule has 74 valence electrons. The summed E-state index contributed by atoms with van der Waals surface area (Å²) < 4.78 is 10.8. The third-order valence-electron chi connectivity index (χ3n) is 2.44. The van der Waals surface area contributed by atoms with Crippen LogP contribution in [0.4, 0.5) is 0 Å². The number of ether oxygens (including phenoxy) is 2. The second-order valence-corrected chi connectivity index (χ2v) is 3.84. The lowest BCUT2D eigenvalue weighted by Gasteiger charge is -2.29. The highest BCUT2D eigenvalue weighted by Crippen LogP contribution is 2.22. The molecule has 0 bridgehead atoms. The van der Waals surface area contributed by atoms with Gasteiger partial charge in [-0.15, -0.1) is 0 Å². The van der Waals surface area contributed by atoms with Crippen molar-refractivity contribution in [1.29, 1.82) is 0 Å². The van der Waals surface area contributed by atoms with Crippen LogP contribution in [0.15, 0.2) is 0 Å². The predicted molar refractivity (Wildman–Crippen MR) is 55.6 cm³/mol. The first kappa shape index (κ1) is 12.1. The molecule has 0 aromatic heterocycles. The standard InChI is InChI=1S/C9H22O2Si/c1-4-5-6-7-9(8-12,10-2)11-3/h4-8H2,1-3,12H3. The summed E-state index contributed by atoms with van der Waals surface area (Å²) in [5, 5.41) is 0. The van der Waals surface area contributed by atoms with E-state index in [0.29, 0.717) is 0 Å². The Balaban J connectivity index is 3.76. The van der Waals surface area contributed by atoms with Crippen LogP contribution in [0.3, 0.4) is 0 Å². The van der Waals surface area contributed by atoms with Gasteiger partial charge in [-0.05, 0) is 12.5 Å². The van der Waals surface area contributed by atoms with Crippen molar-refractivity contribution < 1.29 is 9.47 Å². The highest BCUT2D eigenvalue weighted by molar-refractivity contribution is 6.09. The molecule has 12 heavy (non-hydrogen) atoms. The molecule has 0 unspecified atom stereocenters. The molecule has 2 nitrogen and oxygen atoms in total. The second kappa shape index (κ2) is 6.63. The van der Waals surface area contributed by atoms with Crippen LogP contribution in [0.25, 0.3) is 0 Å². The minimum Gasteiger partial charge on any atom is -0.354 e. The smallest absolute Gasteiger partial charge is 0.164 e. The van der Waals surface area contributed by atoms with Crippen LogP contribution in [0, 0.1) is 0 Å². The molecule has 0 aliphatic rings. The molecule has 0 atom stereocenters. The van der Waals surface area contributed by atoms with Crippen molar-refractivity contribution in [2.45, 2.75) is 44.4 Å². The molecule has 0 heterocycles. The minimum absolute atomic E-state index is 0.263. The van der Waals surface area contributed by atoms with Gasteiger partial charge in [-0.3, -0.25) is 0 Å². The molecule has 0 fully saturated rings. The first-order chi connectivity index (χ1) is 5.74. The Kier molecular flexibility index (Phi) is 6.71. The van der Waals surface area contributed by atoms with Crippen LogP contribution in [-0.2, 0) is 9.47 Å². The third kappa shape index (κ3) is 3.69. The molecule has 0 aromatic rings. The van der Waals surface area contributed by atoms with Crippen LogP contribution < -0.4 is 0 Å². The van der Waals surface area contributed by atoms with Gasteiger partial charge in [-0.2, -0.15) is 0 Å². The zero-order valence-corrected chi connectivity index (χ0v) is 10.9. The van der Waals surface area contributed by atoms with Crippen molar-refractivity contribution in [3.63, 3.8) is 0 Å². The highest BCUT2D eigenvalue weighted by atomic mass is 28.1. The van der Waals surface area contributed by atoms with Gasteiger partial charge in [0, 0.05) is 30.9 Å². The van der Waals surface area contributed by atoms with Crippen molar-refractivity contribution in [2.24, 2.45) is 0 Å². The molecule has 0 spiro atoms. The highest BCUT2D eigenvalue weighted by Gasteiger charge is 2.25. The number of rotatable bonds is 7. The topological polar surface area (TPSA) is 18.5 Å². The quantitative estimate of drug-likeness (QED) is 0.343. The SMILES string of the molecule is CCCCCC(C[SiH3])(OC)OC. The lowest BCUT2D eigenvalue weighted by Crippen LogP contribution is -2.33. The molecule has 0 amide bonds. The van der Waals surface area contributed by atoms with Gasteiger partial charge >= 0.3 is 0 Å². The Labute approximate surface area is 79.1 Å². The molecular weight excluding hydrogens is 168 g/mol. The monoisotopic (exact) mass is 190 g/mol. The largest absolute Gasteiger partial charge is 0.354 e. The van der Waals surface area contributed by atoms with E-state index in [4.69, 9.17) is 9.47 Å². The minimum atomic E-state index is -0.263. The van der Waals surface area contributed by atoms with E-state index in [-0.39, 0.29) is 5.79 Å². The van der Waals surface area contributed by atoms with E-state index < -0.39 is 0 Å². The maximum atomic E-state index is 5.40. The second-order valence-electron chi connectivity index (χ2n) is 3.13. The Morgan fingerprint density at radius 1 is 1.17 bits per heavy atom. The molecular formula is C9H22O2Si. The molecule has 0 aromatic carbocycles. The van der Waals surface area contributed by atoms with Crippen LogP contribution in [0.5, 0.6) is 0 Å². The summed E-state index contributed by atoms with van der Waals surface area (Å²) in [7, 11) is 4.62. The summed E-state index contributed by atoms with van der Waals surface area (Å²) in [5.41, 5.74) is 0. The van der Waals surface area contributed by atoms with E-state index in [1.807, 2.05) is 0 Å². The molecule has 3 heteroatoms. The van der Waals surface area contributed by atoms with Gasteiger partial charge in [0.05, 0.1) is 0 Å². The van der Waals surface area contributed by atoms with Crippen LogP contribution in [-0.4, -0.2) is 30.2 Å².